The minimum Gasteiger partial charge on any atom is -0.497 e. The maximum absolute atomic E-state index is 11.7. The van der Waals surface area contributed by atoms with Crippen LogP contribution in [0.1, 0.15) is 24.4 Å². The van der Waals surface area contributed by atoms with E-state index in [4.69, 9.17) is 4.74 Å². The summed E-state index contributed by atoms with van der Waals surface area (Å²) in [6.07, 6.45) is 3.46. The smallest absolute Gasteiger partial charge is 0.246 e. The summed E-state index contributed by atoms with van der Waals surface area (Å²) in [5.74, 6) is 0.858. The van der Waals surface area contributed by atoms with E-state index in [0.29, 0.717) is 0 Å². The van der Waals surface area contributed by atoms with Gasteiger partial charge in [0.1, 0.15) is 5.75 Å². The highest BCUT2D eigenvalue weighted by Gasteiger charge is 2.28. The third-order valence-electron chi connectivity index (χ3n) is 3.21. The number of likely N-dealkylation sites (tertiary alicyclic amines) is 1. The highest BCUT2D eigenvalue weighted by Crippen LogP contribution is 2.32. The van der Waals surface area contributed by atoms with Crippen molar-refractivity contribution >= 4 is 5.91 Å². The molecule has 1 fully saturated rings. The van der Waals surface area contributed by atoms with Crippen molar-refractivity contribution in [2.45, 2.75) is 18.9 Å². The van der Waals surface area contributed by atoms with Crippen molar-refractivity contribution in [1.82, 2.24) is 4.90 Å². The molecule has 1 saturated heterocycles. The Balaban J connectivity index is 2.19. The summed E-state index contributed by atoms with van der Waals surface area (Å²) in [4.78, 5) is 13.6. The minimum atomic E-state index is 0.0170. The molecule has 1 heterocycles. The molecule has 0 aliphatic carbocycles. The standard InChI is InChI=1S/C14H17NO2/c1-3-14(16)15-10-4-5-13(15)11-6-8-12(17-2)9-7-11/h3,6-9,13H,1,4-5,10H2,2H3/t13-/m0/s1. The van der Waals surface area contributed by atoms with E-state index in [1.54, 1.807) is 7.11 Å². The second kappa shape index (κ2) is 5.04. The Morgan fingerprint density at radius 2 is 2.18 bits per heavy atom. The molecule has 0 N–H and O–H groups in total. The Morgan fingerprint density at radius 3 is 2.76 bits per heavy atom. The van der Waals surface area contributed by atoms with Crippen molar-refractivity contribution in [3.05, 3.63) is 42.5 Å². The minimum absolute atomic E-state index is 0.0170. The topological polar surface area (TPSA) is 29.5 Å². The van der Waals surface area contributed by atoms with E-state index in [1.807, 2.05) is 29.2 Å². The monoisotopic (exact) mass is 231 g/mol. The molecule has 0 radical (unpaired) electrons. The van der Waals surface area contributed by atoms with E-state index in [2.05, 4.69) is 6.58 Å². The second-order valence-corrected chi connectivity index (χ2v) is 4.17. The van der Waals surface area contributed by atoms with Crippen molar-refractivity contribution in [3.63, 3.8) is 0 Å². The highest BCUT2D eigenvalue weighted by atomic mass is 16.5. The molecule has 0 bridgehead atoms. The van der Waals surface area contributed by atoms with Crippen molar-refractivity contribution in [2.75, 3.05) is 13.7 Å². The van der Waals surface area contributed by atoms with Gasteiger partial charge >= 0.3 is 0 Å². The molecule has 17 heavy (non-hydrogen) atoms. The molecule has 1 aliphatic rings. The zero-order valence-corrected chi connectivity index (χ0v) is 10.1. The summed E-state index contributed by atoms with van der Waals surface area (Å²) in [6, 6.07) is 8.11. The van der Waals surface area contributed by atoms with Crippen LogP contribution in [0.25, 0.3) is 0 Å². The number of carbonyl (C=O) groups is 1. The predicted octanol–water partition coefficient (Wildman–Crippen LogP) is 2.54. The van der Waals surface area contributed by atoms with Gasteiger partial charge in [-0.1, -0.05) is 18.7 Å². The number of methoxy groups -OCH3 is 1. The van der Waals surface area contributed by atoms with Gasteiger partial charge in [0.25, 0.3) is 0 Å². The number of rotatable bonds is 3. The van der Waals surface area contributed by atoms with Crippen LogP contribution < -0.4 is 4.74 Å². The third-order valence-corrected chi connectivity index (χ3v) is 3.21. The number of amides is 1. The fraction of sp³-hybridized carbons (Fsp3) is 0.357. The second-order valence-electron chi connectivity index (χ2n) is 4.17. The summed E-state index contributed by atoms with van der Waals surface area (Å²) >= 11 is 0. The van der Waals surface area contributed by atoms with E-state index in [-0.39, 0.29) is 11.9 Å². The van der Waals surface area contributed by atoms with Crippen LogP contribution in [0.15, 0.2) is 36.9 Å². The molecule has 1 atom stereocenters. The summed E-state index contributed by atoms with van der Waals surface area (Å²) in [5.41, 5.74) is 1.17. The first kappa shape index (κ1) is 11.7. The lowest BCUT2D eigenvalue weighted by Gasteiger charge is -2.23. The predicted molar refractivity (Wildman–Crippen MR) is 66.9 cm³/mol. The fourth-order valence-corrected chi connectivity index (χ4v) is 2.32. The van der Waals surface area contributed by atoms with Crippen LogP contribution >= 0.6 is 0 Å². The van der Waals surface area contributed by atoms with E-state index < -0.39 is 0 Å². The lowest BCUT2D eigenvalue weighted by molar-refractivity contribution is -0.126. The number of hydrogen-bond donors (Lipinski definition) is 0. The van der Waals surface area contributed by atoms with E-state index >= 15 is 0 Å². The van der Waals surface area contributed by atoms with Crippen molar-refractivity contribution in [2.24, 2.45) is 0 Å². The lowest BCUT2D eigenvalue weighted by Crippen LogP contribution is -2.28. The van der Waals surface area contributed by atoms with Crippen LogP contribution in [-0.4, -0.2) is 24.5 Å². The molecule has 3 nitrogen and oxygen atoms in total. The first-order valence-electron chi connectivity index (χ1n) is 5.83. The van der Waals surface area contributed by atoms with Gasteiger partial charge in [-0.2, -0.15) is 0 Å². The zero-order valence-electron chi connectivity index (χ0n) is 10.1. The summed E-state index contributed by atoms with van der Waals surface area (Å²) < 4.78 is 5.13. The van der Waals surface area contributed by atoms with Gasteiger partial charge < -0.3 is 9.64 Å². The van der Waals surface area contributed by atoms with Crippen LogP contribution in [0, 0.1) is 0 Å². The Bertz CT molecular complexity index is 411. The SMILES string of the molecule is C=CC(=O)N1CCC[C@H]1c1ccc(OC)cc1. The van der Waals surface area contributed by atoms with Crippen molar-refractivity contribution in [3.8, 4) is 5.75 Å². The van der Waals surface area contributed by atoms with Crippen molar-refractivity contribution in [1.29, 1.82) is 0 Å². The molecule has 1 aromatic rings. The maximum Gasteiger partial charge on any atom is 0.246 e. The van der Waals surface area contributed by atoms with Crippen LogP contribution in [0.4, 0.5) is 0 Å². The molecule has 1 amide bonds. The van der Waals surface area contributed by atoms with Crippen LogP contribution in [0.5, 0.6) is 5.75 Å². The normalized spacial score (nSPS) is 19.1. The molecular weight excluding hydrogens is 214 g/mol. The Hall–Kier alpha value is -1.77. The Labute approximate surface area is 102 Å². The molecule has 1 aromatic carbocycles. The van der Waals surface area contributed by atoms with Gasteiger partial charge in [-0.05, 0) is 36.6 Å². The Morgan fingerprint density at radius 1 is 1.47 bits per heavy atom. The summed E-state index contributed by atoms with van der Waals surface area (Å²) in [7, 11) is 1.65. The molecule has 90 valence electrons. The van der Waals surface area contributed by atoms with E-state index in [1.165, 1.54) is 11.6 Å². The molecule has 0 aromatic heterocycles. The van der Waals surface area contributed by atoms with Gasteiger partial charge in [0.2, 0.25) is 5.91 Å². The molecular formula is C14H17NO2. The maximum atomic E-state index is 11.7. The van der Waals surface area contributed by atoms with Crippen LogP contribution in [-0.2, 0) is 4.79 Å². The number of ether oxygens (including phenoxy) is 1. The molecule has 2 rings (SSSR count). The first-order valence-corrected chi connectivity index (χ1v) is 5.83. The van der Waals surface area contributed by atoms with Gasteiger partial charge in [-0.25, -0.2) is 0 Å². The van der Waals surface area contributed by atoms with Gasteiger partial charge in [0.05, 0.1) is 13.2 Å². The van der Waals surface area contributed by atoms with E-state index in [9.17, 15) is 4.79 Å². The van der Waals surface area contributed by atoms with Gasteiger partial charge in [0.15, 0.2) is 0 Å². The fourth-order valence-electron chi connectivity index (χ4n) is 2.32. The average Bonchev–Trinajstić information content (AvgIpc) is 2.87. The number of hydrogen-bond acceptors (Lipinski definition) is 2. The molecule has 0 spiro atoms. The van der Waals surface area contributed by atoms with Crippen LogP contribution in [0.2, 0.25) is 0 Å². The lowest BCUT2D eigenvalue weighted by atomic mass is 10.0. The molecule has 1 aliphatic heterocycles. The van der Waals surface area contributed by atoms with Crippen LogP contribution in [0.3, 0.4) is 0 Å². The highest BCUT2D eigenvalue weighted by molar-refractivity contribution is 5.87. The molecule has 0 saturated carbocycles. The molecule has 0 unspecified atom stereocenters. The largest absolute Gasteiger partial charge is 0.497 e. The average molecular weight is 231 g/mol. The number of benzene rings is 1. The number of carbonyl (C=O) groups excluding carboxylic acids is 1. The quantitative estimate of drug-likeness (QED) is 0.748. The Kier molecular flexibility index (Phi) is 3.47. The number of nitrogens with zero attached hydrogens (tertiary/aromatic N) is 1. The summed E-state index contributed by atoms with van der Waals surface area (Å²) in [5, 5.41) is 0. The van der Waals surface area contributed by atoms with E-state index in [0.717, 1.165) is 25.1 Å². The van der Waals surface area contributed by atoms with Gasteiger partial charge in [0, 0.05) is 6.54 Å². The zero-order chi connectivity index (χ0) is 12.3. The van der Waals surface area contributed by atoms with Crippen molar-refractivity contribution < 1.29 is 9.53 Å². The van der Waals surface area contributed by atoms with Gasteiger partial charge in [-0.15, -0.1) is 0 Å². The summed E-state index contributed by atoms with van der Waals surface area (Å²) in [6.45, 7) is 4.37. The van der Waals surface area contributed by atoms with Gasteiger partial charge in [-0.3, -0.25) is 4.79 Å². The molecule has 3 heteroatoms. The third kappa shape index (κ3) is 2.33. The first-order chi connectivity index (χ1) is 8.26.